The number of urea groups is 1. The van der Waals surface area contributed by atoms with Crippen LogP contribution < -0.4 is 4.90 Å². The predicted molar refractivity (Wildman–Crippen MR) is 176 cm³/mol. The van der Waals surface area contributed by atoms with Crippen LogP contribution in [0.2, 0.25) is 16.6 Å². The number of hydrogen-bond donors (Lipinski definition) is 0. The zero-order chi connectivity index (χ0) is 31.4. The lowest BCUT2D eigenvalue weighted by atomic mass is 9.93. The Morgan fingerprint density at radius 2 is 1.57 bits per heavy atom. The molecule has 0 aromatic heterocycles. The third-order valence-corrected chi connectivity index (χ3v) is 15.0. The molecule has 0 radical (unpaired) electrons. The Labute approximate surface area is 256 Å². The van der Waals surface area contributed by atoms with Crippen molar-refractivity contribution in [2.45, 2.75) is 97.4 Å². The number of amides is 2. The van der Waals surface area contributed by atoms with E-state index in [1.54, 1.807) is 23.9 Å². The molecule has 2 aliphatic rings. The van der Waals surface area contributed by atoms with Gasteiger partial charge in [-0.15, -0.1) is 0 Å². The minimum atomic E-state index is -2.05. The van der Waals surface area contributed by atoms with Gasteiger partial charge in [-0.3, -0.25) is 4.79 Å². The predicted octanol–water partition coefficient (Wildman–Crippen LogP) is 7.86. The summed E-state index contributed by atoms with van der Waals surface area (Å²) in [5, 5.41) is 0. The Morgan fingerprint density at radius 3 is 2.12 bits per heavy atom. The highest BCUT2D eigenvalue weighted by Crippen LogP contribution is 2.43. The molecular formula is C34H55N3O4Si. The number of carbonyl (C=O) groups excluding carboxylic acids is 2. The molecule has 1 saturated heterocycles. The molecule has 1 atom stereocenters. The topological polar surface area (TPSA) is 62.3 Å². The van der Waals surface area contributed by atoms with Gasteiger partial charge >= 0.3 is 6.03 Å². The van der Waals surface area contributed by atoms with Crippen molar-refractivity contribution in [3.05, 3.63) is 53.1 Å². The summed E-state index contributed by atoms with van der Waals surface area (Å²) in [5.41, 5.74) is 4.92. The molecule has 8 heteroatoms. The maximum absolute atomic E-state index is 14.0. The van der Waals surface area contributed by atoms with E-state index in [0.29, 0.717) is 55.2 Å². The van der Waals surface area contributed by atoms with E-state index in [1.807, 2.05) is 24.3 Å². The molecule has 1 unspecified atom stereocenters. The third-order valence-electron chi connectivity index (χ3n) is 8.90. The standard InChI is InChI=1S/C34H55N3O4Si/c1-24(2)42(25(3)4,26(5)6)41-21-29(18-19-40-34(7,8)9)27-16-17-28(20-27)32(38)30-14-12-13-15-31(30)37-22-35(10)33(39)36(11)23-37/h12-15,17-18,24-27H,16,19-23H2,1-11H3. The van der Waals surface area contributed by atoms with Crippen LogP contribution in [0.25, 0.3) is 0 Å². The SMILES string of the molecule is CC(C)[Si](OCC(=CCOC(C)(C)C)C1CC=C(C(=O)c2ccccc2N2CN(C)C(=O)N(C)C2)C1)(C(C)C)C(C)C. The molecule has 0 saturated carbocycles. The van der Waals surface area contributed by atoms with Gasteiger partial charge in [0.05, 0.1) is 37.8 Å². The van der Waals surface area contributed by atoms with Crippen molar-refractivity contribution in [3.63, 3.8) is 0 Å². The largest absolute Gasteiger partial charge is 0.412 e. The lowest BCUT2D eigenvalue weighted by Crippen LogP contribution is -2.55. The zero-order valence-corrected chi connectivity index (χ0v) is 29.0. The molecule has 7 nitrogen and oxygen atoms in total. The Morgan fingerprint density at radius 1 is 1.00 bits per heavy atom. The number of nitrogens with zero attached hydrogens (tertiary/aromatic N) is 3. The maximum Gasteiger partial charge on any atom is 0.322 e. The van der Waals surface area contributed by atoms with Gasteiger partial charge in [0.2, 0.25) is 8.32 Å². The summed E-state index contributed by atoms with van der Waals surface area (Å²) in [7, 11) is 1.52. The van der Waals surface area contributed by atoms with Crippen molar-refractivity contribution in [1.82, 2.24) is 9.80 Å². The number of para-hydroxylation sites is 1. The molecule has 1 aromatic rings. The van der Waals surface area contributed by atoms with E-state index in [1.165, 1.54) is 5.57 Å². The molecule has 42 heavy (non-hydrogen) atoms. The summed E-state index contributed by atoms with van der Waals surface area (Å²) >= 11 is 0. The average molecular weight is 598 g/mol. The maximum atomic E-state index is 14.0. The first-order chi connectivity index (χ1) is 19.6. The smallest absolute Gasteiger partial charge is 0.322 e. The zero-order valence-electron chi connectivity index (χ0n) is 28.0. The van der Waals surface area contributed by atoms with E-state index in [0.717, 1.165) is 17.7 Å². The number of ether oxygens (including phenoxy) is 1. The summed E-state index contributed by atoms with van der Waals surface area (Å²) in [5.74, 6) is 0.277. The van der Waals surface area contributed by atoms with E-state index in [9.17, 15) is 9.59 Å². The normalized spacial score (nSPS) is 19.0. The van der Waals surface area contributed by atoms with E-state index >= 15 is 0 Å². The van der Waals surface area contributed by atoms with Crippen LogP contribution in [0.5, 0.6) is 0 Å². The van der Waals surface area contributed by atoms with Gasteiger partial charge in [0.25, 0.3) is 0 Å². The molecule has 1 fully saturated rings. The van der Waals surface area contributed by atoms with Crippen molar-refractivity contribution in [3.8, 4) is 0 Å². The van der Waals surface area contributed by atoms with Crippen LogP contribution in [0.15, 0.2) is 47.6 Å². The van der Waals surface area contributed by atoms with Crippen molar-refractivity contribution in [1.29, 1.82) is 0 Å². The highest BCUT2D eigenvalue weighted by atomic mass is 28.4. The number of carbonyl (C=O) groups is 2. The van der Waals surface area contributed by atoms with Gasteiger partial charge in [-0.2, -0.15) is 0 Å². The molecule has 1 aliphatic carbocycles. The fourth-order valence-electron chi connectivity index (χ4n) is 6.87. The van der Waals surface area contributed by atoms with Crippen LogP contribution in [0.3, 0.4) is 0 Å². The van der Waals surface area contributed by atoms with E-state index in [2.05, 4.69) is 79.4 Å². The van der Waals surface area contributed by atoms with Gasteiger partial charge in [-0.05, 0) is 79.4 Å². The molecule has 0 N–H and O–H groups in total. The highest BCUT2D eigenvalue weighted by Gasteiger charge is 2.45. The van der Waals surface area contributed by atoms with Crippen molar-refractivity contribution in [2.75, 3.05) is 45.5 Å². The fourth-order valence-corrected chi connectivity index (χ4v) is 12.3. The number of benzene rings is 1. The number of rotatable bonds is 12. The number of ketones is 1. The highest BCUT2D eigenvalue weighted by molar-refractivity contribution is 6.77. The van der Waals surface area contributed by atoms with E-state index < -0.39 is 8.32 Å². The summed E-state index contributed by atoms with van der Waals surface area (Å²) in [6.07, 6.45) is 5.84. The molecule has 1 aliphatic heterocycles. The molecule has 1 heterocycles. The molecule has 0 spiro atoms. The molecule has 0 bridgehead atoms. The summed E-state index contributed by atoms with van der Waals surface area (Å²) in [6, 6.07) is 7.74. The first-order valence-corrected chi connectivity index (χ1v) is 17.7. The van der Waals surface area contributed by atoms with Crippen LogP contribution >= 0.6 is 0 Å². The van der Waals surface area contributed by atoms with Crippen molar-refractivity contribution < 1.29 is 18.8 Å². The van der Waals surface area contributed by atoms with Gasteiger partial charge in [-0.25, -0.2) is 4.79 Å². The van der Waals surface area contributed by atoms with Gasteiger partial charge < -0.3 is 23.9 Å². The lowest BCUT2D eigenvalue weighted by molar-refractivity contribution is 0.0144. The number of anilines is 1. The Bertz CT molecular complexity index is 1130. The molecule has 234 valence electrons. The summed E-state index contributed by atoms with van der Waals surface area (Å²) < 4.78 is 13.1. The fraction of sp³-hybridized carbons (Fsp3) is 0.647. The minimum absolute atomic E-state index is 0.0205. The summed E-state index contributed by atoms with van der Waals surface area (Å²) in [4.78, 5) is 31.7. The van der Waals surface area contributed by atoms with Gasteiger partial charge in [0, 0.05) is 19.7 Å². The molecule has 3 rings (SSSR count). The number of allylic oxidation sites excluding steroid dienone is 2. The Hall–Kier alpha value is -2.42. The Kier molecular flexibility index (Phi) is 11.3. The molecular weight excluding hydrogens is 542 g/mol. The average Bonchev–Trinajstić information content (AvgIpc) is 3.39. The number of hydrogen-bond acceptors (Lipinski definition) is 5. The van der Waals surface area contributed by atoms with Crippen molar-refractivity contribution in [2.24, 2.45) is 5.92 Å². The van der Waals surface area contributed by atoms with Crippen LogP contribution in [0, 0.1) is 5.92 Å². The van der Waals surface area contributed by atoms with Crippen LogP contribution in [-0.4, -0.2) is 76.2 Å². The van der Waals surface area contributed by atoms with Gasteiger partial charge in [-0.1, -0.05) is 65.8 Å². The van der Waals surface area contributed by atoms with Crippen LogP contribution in [-0.2, 0) is 9.16 Å². The second-order valence-corrected chi connectivity index (χ2v) is 19.5. The first kappa shape index (κ1) is 34.1. The minimum Gasteiger partial charge on any atom is -0.412 e. The van der Waals surface area contributed by atoms with Gasteiger partial charge in [0.1, 0.15) is 0 Å². The van der Waals surface area contributed by atoms with Crippen molar-refractivity contribution >= 4 is 25.8 Å². The lowest BCUT2D eigenvalue weighted by Gasteiger charge is -2.42. The molecule has 2 amide bonds. The first-order valence-electron chi connectivity index (χ1n) is 15.6. The van der Waals surface area contributed by atoms with Gasteiger partial charge in [0.15, 0.2) is 5.78 Å². The van der Waals surface area contributed by atoms with Crippen LogP contribution in [0.1, 0.15) is 85.5 Å². The Balaban J connectivity index is 1.83. The second kappa shape index (κ2) is 13.9. The monoisotopic (exact) mass is 597 g/mol. The third kappa shape index (κ3) is 7.74. The van der Waals surface area contributed by atoms with E-state index in [-0.39, 0.29) is 23.3 Å². The summed E-state index contributed by atoms with van der Waals surface area (Å²) in [6.45, 7) is 22.1. The quantitative estimate of drug-likeness (QED) is 0.139. The molecule has 1 aromatic carbocycles. The second-order valence-electron chi connectivity index (χ2n) is 14.0. The van der Waals surface area contributed by atoms with E-state index in [4.69, 9.17) is 9.16 Å². The van der Waals surface area contributed by atoms with Crippen LogP contribution in [0.4, 0.5) is 10.5 Å². The number of Topliss-reactive ketones (excluding diaryl/α,β-unsaturated/α-hetero) is 1.